The molecule has 0 bridgehead atoms. The molecule has 0 radical (unpaired) electrons. The summed E-state index contributed by atoms with van der Waals surface area (Å²) in [6.45, 7) is 6.03. The van der Waals surface area contributed by atoms with E-state index in [0.29, 0.717) is 18.8 Å². The summed E-state index contributed by atoms with van der Waals surface area (Å²) in [5.41, 5.74) is -0.125. The van der Waals surface area contributed by atoms with Crippen LogP contribution in [0.1, 0.15) is 45.6 Å². The first kappa shape index (κ1) is 19.9. The Labute approximate surface area is 167 Å². The Balaban J connectivity index is 1.65. The smallest absolute Gasteiger partial charge is 0.326 e. The Morgan fingerprint density at radius 3 is 2.67 bits per heavy atom. The second-order valence-electron chi connectivity index (χ2n) is 8.51. The van der Waals surface area contributed by atoms with E-state index < -0.39 is 17.5 Å². The summed E-state index contributed by atoms with van der Waals surface area (Å²) in [4.78, 5) is 38.7. The van der Waals surface area contributed by atoms with Gasteiger partial charge in [-0.05, 0) is 36.7 Å². The molecular weight excluding hydrogens is 412 g/mol. The summed E-state index contributed by atoms with van der Waals surface area (Å²) in [5.74, 6) is -0.597. The van der Waals surface area contributed by atoms with Crippen molar-refractivity contribution in [2.24, 2.45) is 11.3 Å². The average molecular weight is 437 g/mol. The molecule has 7 heteroatoms. The third kappa shape index (κ3) is 4.18. The van der Waals surface area contributed by atoms with Gasteiger partial charge in [0, 0.05) is 10.0 Å². The standard InChI is InChI=1S/C20H25BrN2O4/c1-13-8-19(2,3)12-20(9-13)17(25)23(18(26)22-20)10-16(24)27-11-14-6-4-5-7-15(14)21/h4-7,13H,8-12H2,1-3H3,(H,22,26). The zero-order valence-electron chi connectivity index (χ0n) is 15.9. The lowest BCUT2D eigenvalue weighted by Gasteiger charge is -2.43. The van der Waals surface area contributed by atoms with Crippen molar-refractivity contribution < 1.29 is 19.1 Å². The van der Waals surface area contributed by atoms with Crippen LogP contribution in [0.3, 0.4) is 0 Å². The van der Waals surface area contributed by atoms with Crippen molar-refractivity contribution in [3.05, 3.63) is 34.3 Å². The van der Waals surface area contributed by atoms with E-state index in [2.05, 4.69) is 42.0 Å². The molecule has 1 saturated carbocycles. The van der Waals surface area contributed by atoms with E-state index in [4.69, 9.17) is 4.74 Å². The van der Waals surface area contributed by atoms with Gasteiger partial charge in [-0.3, -0.25) is 14.5 Å². The minimum atomic E-state index is -0.902. The Morgan fingerprint density at radius 1 is 1.30 bits per heavy atom. The maximum absolute atomic E-state index is 13.0. The highest BCUT2D eigenvalue weighted by Crippen LogP contribution is 2.46. The van der Waals surface area contributed by atoms with Gasteiger partial charge in [0.2, 0.25) is 0 Å². The van der Waals surface area contributed by atoms with E-state index in [1.54, 1.807) is 0 Å². The zero-order valence-corrected chi connectivity index (χ0v) is 17.5. The number of hydrogen-bond acceptors (Lipinski definition) is 4. The molecule has 2 fully saturated rings. The number of urea groups is 1. The van der Waals surface area contributed by atoms with E-state index in [0.717, 1.165) is 21.4 Å². The normalized spacial score (nSPS) is 27.0. The molecule has 146 valence electrons. The largest absolute Gasteiger partial charge is 0.459 e. The fourth-order valence-electron chi connectivity index (χ4n) is 4.60. The van der Waals surface area contributed by atoms with Crippen molar-refractivity contribution in [1.82, 2.24) is 10.2 Å². The minimum absolute atomic E-state index is 0.0449. The third-order valence-electron chi connectivity index (χ3n) is 5.26. The molecule has 3 amide bonds. The molecule has 1 aromatic carbocycles. The van der Waals surface area contributed by atoms with Crippen LogP contribution >= 0.6 is 15.9 Å². The fraction of sp³-hybridized carbons (Fsp3) is 0.550. The monoisotopic (exact) mass is 436 g/mol. The number of imide groups is 1. The van der Waals surface area contributed by atoms with Crippen LogP contribution in [-0.2, 0) is 20.9 Å². The molecule has 6 nitrogen and oxygen atoms in total. The Morgan fingerprint density at radius 2 is 2.00 bits per heavy atom. The minimum Gasteiger partial charge on any atom is -0.459 e. The number of ether oxygens (including phenoxy) is 1. The van der Waals surface area contributed by atoms with Gasteiger partial charge in [-0.2, -0.15) is 0 Å². The fourth-order valence-corrected chi connectivity index (χ4v) is 5.00. The van der Waals surface area contributed by atoms with Crippen molar-refractivity contribution in [1.29, 1.82) is 0 Å². The van der Waals surface area contributed by atoms with Gasteiger partial charge in [0.05, 0.1) is 0 Å². The molecule has 1 saturated heterocycles. The van der Waals surface area contributed by atoms with E-state index in [1.807, 2.05) is 24.3 Å². The molecule has 1 aliphatic heterocycles. The number of amides is 3. The second kappa shape index (κ2) is 7.26. The average Bonchev–Trinajstić information content (AvgIpc) is 2.75. The highest BCUT2D eigenvalue weighted by atomic mass is 79.9. The van der Waals surface area contributed by atoms with Crippen molar-refractivity contribution in [3.8, 4) is 0 Å². The van der Waals surface area contributed by atoms with E-state index in [-0.39, 0.29) is 24.5 Å². The van der Waals surface area contributed by atoms with Gasteiger partial charge in [0.25, 0.3) is 5.91 Å². The first-order chi connectivity index (χ1) is 12.6. The second-order valence-corrected chi connectivity index (χ2v) is 9.36. The Bertz CT molecular complexity index is 779. The number of nitrogens with one attached hydrogen (secondary N) is 1. The van der Waals surface area contributed by atoms with Crippen LogP contribution in [0, 0.1) is 11.3 Å². The van der Waals surface area contributed by atoms with Gasteiger partial charge in [-0.15, -0.1) is 0 Å². The number of carbonyl (C=O) groups is 3. The highest BCUT2D eigenvalue weighted by molar-refractivity contribution is 9.10. The molecular formula is C20H25BrN2O4. The predicted molar refractivity (Wildman–Crippen MR) is 104 cm³/mol. The summed E-state index contributed by atoms with van der Waals surface area (Å²) in [5, 5.41) is 2.87. The number of rotatable bonds is 4. The quantitative estimate of drug-likeness (QED) is 0.577. The zero-order chi connectivity index (χ0) is 19.8. The Kier molecular flexibility index (Phi) is 5.34. The van der Waals surface area contributed by atoms with Gasteiger partial charge in [0.15, 0.2) is 0 Å². The van der Waals surface area contributed by atoms with Crippen molar-refractivity contribution in [2.45, 2.75) is 52.2 Å². The lowest BCUT2D eigenvalue weighted by molar-refractivity contribution is -0.149. The lowest BCUT2D eigenvalue weighted by Crippen LogP contribution is -2.54. The molecule has 0 aromatic heterocycles. The van der Waals surface area contributed by atoms with Crippen molar-refractivity contribution >= 4 is 33.8 Å². The molecule has 1 aromatic rings. The third-order valence-corrected chi connectivity index (χ3v) is 6.03. The van der Waals surface area contributed by atoms with Crippen LogP contribution in [0.4, 0.5) is 4.79 Å². The predicted octanol–water partition coefficient (Wildman–Crippen LogP) is 3.63. The summed E-state index contributed by atoms with van der Waals surface area (Å²) in [6, 6.07) is 6.90. The molecule has 2 aliphatic rings. The molecule has 1 aliphatic carbocycles. The van der Waals surface area contributed by atoms with Crippen LogP contribution in [-0.4, -0.2) is 34.9 Å². The molecule has 1 heterocycles. The molecule has 27 heavy (non-hydrogen) atoms. The number of halogens is 1. The van der Waals surface area contributed by atoms with Crippen molar-refractivity contribution in [2.75, 3.05) is 6.54 Å². The van der Waals surface area contributed by atoms with Crippen LogP contribution < -0.4 is 5.32 Å². The number of esters is 1. The molecule has 3 rings (SSSR count). The maximum atomic E-state index is 13.0. The van der Waals surface area contributed by atoms with E-state index in [1.165, 1.54) is 0 Å². The van der Waals surface area contributed by atoms with Gasteiger partial charge < -0.3 is 10.1 Å². The molecule has 2 unspecified atom stereocenters. The number of benzene rings is 1. The first-order valence-corrected chi connectivity index (χ1v) is 9.94. The van der Waals surface area contributed by atoms with Crippen LogP contribution in [0.5, 0.6) is 0 Å². The number of carbonyl (C=O) groups excluding carboxylic acids is 3. The van der Waals surface area contributed by atoms with E-state index in [9.17, 15) is 14.4 Å². The number of nitrogens with zero attached hydrogens (tertiary/aromatic N) is 1. The lowest BCUT2D eigenvalue weighted by atomic mass is 9.64. The summed E-state index contributed by atoms with van der Waals surface area (Å²) in [7, 11) is 0. The summed E-state index contributed by atoms with van der Waals surface area (Å²) < 4.78 is 6.10. The summed E-state index contributed by atoms with van der Waals surface area (Å²) >= 11 is 3.40. The highest BCUT2D eigenvalue weighted by Gasteiger charge is 2.56. The molecule has 2 atom stereocenters. The van der Waals surface area contributed by atoms with Gasteiger partial charge >= 0.3 is 12.0 Å². The molecule has 1 N–H and O–H groups in total. The SMILES string of the molecule is CC1CC(C)(C)CC2(C1)NC(=O)N(CC(=O)OCc1ccccc1Br)C2=O. The number of hydrogen-bond donors (Lipinski definition) is 1. The summed E-state index contributed by atoms with van der Waals surface area (Å²) in [6.07, 6.45) is 2.19. The Hall–Kier alpha value is -1.89. The maximum Gasteiger partial charge on any atom is 0.326 e. The van der Waals surface area contributed by atoms with Crippen molar-refractivity contribution in [3.63, 3.8) is 0 Å². The molecule has 1 spiro atoms. The van der Waals surface area contributed by atoms with Crippen LogP contribution in [0.25, 0.3) is 0 Å². The van der Waals surface area contributed by atoms with Crippen LogP contribution in [0.15, 0.2) is 28.7 Å². The van der Waals surface area contributed by atoms with Gasteiger partial charge in [-0.1, -0.05) is 54.9 Å². The van der Waals surface area contributed by atoms with Gasteiger partial charge in [0.1, 0.15) is 18.7 Å². The topological polar surface area (TPSA) is 75.7 Å². The first-order valence-electron chi connectivity index (χ1n) is 9.15. The van der Waals surface area contributed by atoms with E-state index >= 15 is 0 Å². The van der Waals surface area contributed by atoms with Crippen LogP contribution in [0.2, 0.25) is 0 Å². The van der Waals surface area contributed by atoms with Gasteiger partial charge in [-0.25, -0.2) is 4.79 Å².